The zero-order chi connectivity index (χ0) is 10.6. The van der Waals surface area contributed by atoms with Crippen molar-refractivity contribution < 1.29 is 5.11 Å². The lowest BCUT2D eigenvalue weighted by Gasteiger charge is -2.39. The average molecular weight is 199 g/mol. The summed E-state index contributed by atoms with van der Waals surface area (Å²) in [6.45, 7) is 4.32. The van der Waals surface area contributed by atoms with Gasteiger partial charge in [-0.05, 0) is 32.2 Å². The molecule has 0 amide bonds. The minimum atomic E-state index is -0.243. The molecule has 1 saturated carbocycles. The summed E-state index contributed by atoms with van der Waals surface area (Å²) in [6.07, 6.45) is 7.18. The fourth-order valence-electron chi connectivity index (χ4n) is 2.71. The summed E-state index contributed by atoms with van der Waals surface area (Å²) in [6, 6.07) is 0.615. The highest BCUT2D eigenvalue weighted by atomic mass is 16.3. The second-order valence-corrected chi connectivity index (χ2v) is 4.57. The normalized spacial score (nSPS) is 30.6. The van der Waals surface area contributed by atoms with E-state index in [-0.39, 0.29) is 6.23 Å². The molecule has 0 aromatic rings. The molecule has 0 saturated heterocycles. The first-order chi connectivity index (χ1) is 6.70. The van der Waals surface area contributed by atoms with E-state index in [0.29, 0.717) is 6.04 Å². The van der Waals surface area contributed by atoms with Crippen molar-refractivity contribution in [3.8, 4) is 0 Å². The van der Waals surface area contributed by atoms with Gasteiger partial charge in [-0.2, -0.15) is 0 Å². The van der Waals surface area contributed by atoms with Gasteiger partial charge in [0.15, 0.2) is 0 Å². The molecule has 1 aliphatic carbocycles. The quantitative estimate of drug-likeness (QED) is 0.704. The first-order valence-corrected chi connectivity index (χ1v) is 6.10. The summed E-state index contributed by atoms with van der Waals surface area (Å²) >= 11 is 0. The highest BCUT2D eigenvalue weighted by Gasteiger charge is 2.29. The van der Waals surface area contributed by atoms with Gasteiger partial charge in [-0.3, -0.25) is 4.90 Å². The van der Waals surface area contributed by atoms with Crippen molar-refractivity contribution in [1.29, 1.82) is 0 Å². The second-order valence-electron chi connectivity index (χ2n) is 4.57. The van der Waals surface area contributed by atoms with Gasteiger partial charge in [-0.1, -0.05) is 33.1 Å². The van der Waals surface area contributed by atoms with Gasteiger partial charge in [0.1, 0.15) is 6.23 Å². The van der Waals surface area contributed by atoms with Crippen LogP contribution in [0.25, 0.3) is 0 Å². The van der Waals surface area contributed by atoms with Crippen LogP contribution < -0.4 is 0 Å². The molecule has 14 heavy (non-hydrogen) atoms. The molecule has 1 aliphatic rings. The Morgan fingerprint density at radius 2 is 1.93 bits per heavy atom. The van der Waals surface area contributed by atoms with Crippen molar-refractivity contribution in [3.63, 3.8) is 0 Å². The maximum atomic E-state index is 9.82. The first-order valence-electron chi connectivity index (χ1n) is 6.10. The Morgan fingerprint density at radius 1 is 1.29 bits per heavy atom. The van der Waals surface area contributed by atoms with Crippen LogP contribution in [0, 0.1) is 5.92 Å². The third-order valence-electron chi connectivity index (χ3n) is 3.75. The van der Waals surface area contributed by atoms with E-state index < -0.39 is 0 Å². The van der Waals surface area contributed by atoms with Gasteiger partial charge in [-0.15, -0.1) is 0 Å². The van der Waals surface area contributed by atoms with Crippen LogP contribution in [0.4, 0.5) is 0 Å². The number of aliphatic hydroxyl groups is 1. The standard InChI is InChI=1S/C12H25NO/c1-4-10-8-6-7-9-11(10)13(3)12(14)5-2/h10-12,14H,4-9H2,1-3H3. The predicted molar refractivity (Wildman–Crippen MR) is 60.1 cm³/mol. The van der Waals surface area contributed by atoms with Crippen LogP contribution in [0.2, 0.25) is 0 Å². The Morgan fingerprint density at radius 3 is 2.50 bits per heavy atom. The number of hydrogen-bond donors (Lipinski definition) is 1. The number of aliphatic hydroxyl groups excluding tert-OH is 1. The Kier molecular flexibility index (Phi) is 4.90. The van der Waals surface area contributed by atoms with Gasteiger partial charge >= 0.3 is 0 Å². The lowest BCUT2D eigenvalue weighted by molar-refractivity contribution is -0.0354. The maximum Gasteiger partial charge on any atom is 0.107 e. The van der Waals surface area contributed by atoms with Gasteiger partial charge < -0.3 is 5.11 Å². The summed E-state index contributed by atoms with van der Waals surface area (Å²) < 4.78 is 0. The molecule has 0 aromatic carbocycles. The molecule has 0 aromatic heterocycles. The molecular weight excluding hydrogens is 174 g/mol. The summed E-state index contributed by atoms with van der Waals surface area (Å²) in [7, 11) is 2.08. The smallest absolute Gasteiger partial charge is 0.107 e. The molecule has 1 N–H and O–H groups in total. The first kappa shape index (κ1) is 12.0. The molecule has 1 rings (SSSR count). The van der Waals surface area contributed by atoms with E-state index in [0.717, 1.165) is 12.3 Å². The van der Waals surface area contributed by atoms with Crippen LogP contribution >= 0.6 is 0 Å². The van der Waals surface area contributed by atoms with Crippen molar-refractivity contribution in [2.75, 3.05) is 7.05 Å². The van der Waals surface area contributed by atoms with Crippen LogP contribution in [0.5, 0.6) is 0 Å². The van der Waals surface area contributed by atoms with Gasteiger partial charge in [-0.25, -0.2) is 0 Å². The largest absolute Gasteiger partial charge is 0.378 e. The Hall–Kier alpha value is -0.0800. The monoisotopic (exact) mass is 199 g/mol. The Balaban J connectivity index is 2.53. The van der Waals surface area contributed by atoms with Crippen molar-refractivity contribution in [1.82, 2.24) is 4.90 Å². The zero-order valence-electron chi connectivity index (χ0n) is 9.87. The van der Waals surface area contributed by atoms with E-state index in [1.165, 1.54) is 32.1 Å². The Bertz CT molecular complexity index is 160. The van der Waals surface area contributed by atoms with Crippen molar-refractivity contribution in [3.05, 3.63) is 0 Å². The summed E-state index contributed by atoms with van der Waals surface area (Å²) in [4.78, 5) is 2.19. The molecule has 2 nitrogen and oxygen atoms in total. The number of hydrogen-bond acceptors (Lipinski definition) is 2. The number of rotatable bonds is 4. The molecular formula is C12H25NO. The van der Waals surface area contributed by atoms with Gasteiger partial charge in [0.25, 0.3) is 0 Å². The highest BCUT2D eigenvalue weighted by Crippen LogP contribution is 2.30. The molecule has 0 spiro atoms. The van der Waals surface area contributed by atoms with E-state index in [2.05, 4.69) is 18.9 Å². The molecule has 3 atom stereocenters. The van der Waals surface area contributed by atoms with E-state index in [9.17, 15) is 5.11 Å². The summed E-state index contributed by atoms with van der Waals surface area (Å²) in [5.41, 5.74) is 0. The second kappa shape index (κ2) is 5.72. The molecule has 2 heteroatoms. The SMILES string of the molecule is CCC1CCCCC1N(C)C(O)CC. The topological polar surface area (TPSA) is 23.5 Å². The third-order valence-corrected chi connectivity index (χ3v) is 3.75. The summed E-state index contributed by atoms with van der Waals surface area (Å²) in [5.74, 6) is 0.801. The molecule has 84 valence electrons. The lowest BCUT2D eigenvalue weighted by Crippen LogP contribution is -2.45. The molecule has 0 heterocycles. The van der Waals surface area contributed by atoms with E-state index in [1.807, 2.05) is 6.92 Å². The molecule has 0 bridgehead atoms. The number of nitrogens with zero attached hydrogens (tertiary/aromatic N) is 1. The Labute approximate surface area is 88.3 Å². The average Bonchev–Trinajstić information content (AvgIpc) is 2.26. The van der Waals surface area contributed by atoms with Crippen LogP contribution in [0.1, 0.15) is 52.4 Å². The van der Waals surface area contributed by atoms with Crippen LogP contribution in [-0.4, -0.2) is 29.3 Å². The van der Waals surface area contributed by atoms with Gasteiger partial charge in [0.2, 0.25) is 0 Å². The van der Waals surface area contributed by atoms with E-state index >= 15 is 0 Å². The van der Waals surface area contributed by atoms with Crippen molar-refractivity contribution in [2.45, 2.75) is 64.6 Å². The van der Waals surface area contributed by atoms with E-state index in [1.54, 1.807) is 0 Å². The highest BCUT2D eigenvalue weighted by molar-refractivity contribution is 4.81. The fourth-order valence-corrected chi connectivity index (χ4v) is 2.71. The molecule has 1 fully saturated rings. The zero-order valence-corrected chi connectivity index (χ0v) is 9.87. The molecule has 0 radical (unpaired) electrons. The minimum Gasteiger partial charge on any atom is -0.378 e. The van der Waals surface area contributed by atoms with Crippen LogP contribution in [0.15, 0.2) is 0 Å². The van der Waals surface area contributed by atoms with Crippen LogP contribution in [0.3, 0.4) is 0 Å². The van der Waals surface area contributed by atoms with Crippen molar-refractivity contribution in [2.24, 2.45) is 5.92 Å². The summed E-state index contributed by atoms with van der Waals surface area (Å²) in [5, 5.41) is 9.82. The lowest BCUT2D eigenvalue weighted by atomic mass is 9.82. The van der Waals surface area contributed by atoms with Crippen LogP contribution in [-0.2, 0) is 0 Å². The third kappa shape index (κ3) is 2.71. The van der Waals surface area contributed by atoms with Gasteiger partial charge in [0.05, 0.1) is 0 Å². The molecule has 0 aliphatic heterocycles. The van der Waals surface area contributed by atoms with E-state index in [4.69, 9.17) is 0 Å². The minimum absolute atomic E-state index is 0.243. The van der Waals surface area contributed by atoms with Crippen molar-refractivity contribution >= 4 is 0 Å². The predicted octanol–water partition coefficient (Wildman–Crippen LogP) is 2.62. The molecule has 3 unspecified atom stereocenters. The van der Waals surface area contributed by atoms with Gasteiger partial charge in [0, 0.05) is 6.04 Å². The maximum absolute atomic E-state index is 9.82. The fraction of sp³-hybridized carbons (Fsp3) is 1.00.